The zero-order valence-corrected chi connectivity index (χ0v) is 16.1. The van der Waals surface area contributed by atoms with Crippen molar-refractivity contribution in [2.45, 2.75) is 43.4 Å². The molecule has 3 nitrogen and oxygen atoms in total. The van der Waals surface area contributed by atoms with Gasteiger partial charge in [0, 0.05) is 12.6 Å². The van der Waals surface area contributed by atoms with E-state index < -0.39 is 35.1 Å². The second-order valence-corrected chi connectivity index (χ2v) is 7.59. The van der Waals surface area contributed by atoms with Crippen molar-refractivity contribution in [2.24, 2.45) is 5.73 Å². The van der Waals surface area contributed by atoms with Gasteiger partial charge in [0.2, 0.25) is 0 Å². The molecule has 0 radical (unpaired) electrons. The highest BCUT2D eigenvalue weighted by atomic mass is 19.4. The third-order valence-corrected chi connectivity index (χ3v) is 5.30. The van der Waals surface area contributed by atoms with Gasteiger partial charge in [0.15, 0.2) is 0 Å². The fourth-order valence-electron chi connectivity index (χ4n) is 3.67. The standard InChI is InChI=1S/C21H22F6N2O/c1-13(14-7-16(20(22,23)24)9-17(8-14)21(25,26)27)30-12-19(10-18(28)11-29-19)15-5-3-2-4-6-15/h2-9,13,18,29H,10-12,28H2,1H3/t13-,18+,19-/m1/s1. The van der Waals surface area contributed by atoms with E-state index in [1.54, 1.807) is 0 Å². The highest BCUT2D eigenvalue weighted by molar-refractivity contribution is 5.35. The van der Waals surface area contributed by atoms with Crippen molar-refractivity contribution in [2.75, 3.05) is 13.2 Å². The SMILES string of the molecule is C[C@@H](OC[C@@]1(c2ccccc2)C[C@H](N)CN1)c1cc(C(F)(F)F)cc(C(F)(F)F)c1. The fourth-order valence-corrected chi connectivity index (χ4v) is 3.67. The molecule has 9 heteroatoms. The first-order valence-corrected chi connectivity index (χ1v) is 9.38. The summed E-state index contributed by atoms with van der Waals surface area (Å²) in [4.78, 5) is 0. The van der Waals surface area contributed by atoms with Gasteiger partial charge < -0.3 is 15.8 Å². The second kappa shape index (κ2) is 8.20. The zero-order chi connectivity index (χ0) is 22.2. The summed E-state index contributed by atoms with van der Waals surface area (Å²) in [6, 6.07) is 10.6. The van der Waals surface area contributed by atoms with Crippen LogP contribution < -0.4 is 11.1 Å². The van der Waals surface area contributed by atoms with E-state index in [0.29, 0.717) is 25.1 Å². The summed E-state index contributed by atoms with van der Waals surface area (Å²) in [5, 5.41) is 3.30. The van der Waals surface area contributed by atoms with E-state index in [9.17, 15) is 26.3 Å². The predicted octanol–water partition coefficient (Wildman–Crippen LogP) is 5.02. The largest absolute Gasteiger partial charge is 0.416 e. The van der Waals surface area contributed by atoms with E-state index in [4.69, 9.17) is 10.5 Å². The van der Waals surface area contributed by atoms with Gasteiger partial charge in [-0.05, 0) is 42.7 Å². The van der Waals surface area contributed by atoms with E-state index in [0.717, 1.165) is 5.56 Å². The van der Waals surface area contributed by atoms with Crippen LogP contribution in [-0.2, 0) is 22.6 Å². The van der Waals surface area contributed by atoms with Gasteiger partial charge in [-0.1, -0.05) is 30.3 Å². The molecule has 0 spiro atoms. The maximum atomic E-state index is 13.1. The summed E-state index contributed by atoms with van der Waals surface area (Å²) < 4.78 is 84.5. The molecule has 2 aromatic rings. The summed E-state index contributed by atoms with van der Waals surface area (Å²) in [5.74, 6) is 0. The van der Waals surface area contributed by atoms with Gasteiger partial charge in [0.1, 0.15) is 0 Å². The number of benzene rings is 2. The molecular weight excluding hydrogens is 410 g/mol. The lowest BCUT2D eigenvalue weighted by molar-refractivity contribution is -0.143. The third-order valence-electron chi connectivity index (χ3n) is 5.30. The highest BCUT2D eigenvalue weighted by Gasteiger charge is 2.40. The lowest BCUT2D eigenvalue weighted by atomic mass is 9.88. The van der Waals surface area contributed by atoms with Crippen LogP contribution in [0.15, 0.2) is 48.5 Å². The molecule has 1 aliphatic rings. The van der Waals surface area contributed by atoms with Crippen molar-refractivity contribution in [3.8, 4) is 0 Å². The number of nitrogens with one attached hydrogen (secondary N) is 1. The molecule has 0 aromatic heterocycles. The number of alkyl halides is 6. The Morgan fingerprint density at radius 3 is 2.07 bits per heavy atom. The van der Waals surface area contributed by atoms with Gasteiger partial charge in [-0.2, -0.15) is 26.3 Å². The van der Waals surface area contributed by atoms with Crippen LogP contribution in [-0.4, -0.2) is 19.2 Å². The number of halogens is 6. The molecule has 0 bridgehead atoms. The number of rotatable bonds is 5. The van der Waals surface area contributed by atoms with Gasteiger partial charge in [0.25, 0.3) is 0 Å². The fraction of sp³-hybridized carbons (Fsp3) is 0.429. The smallest absolute Gasteiger partial charge is 0.372 e. The molecular formula is C21H22F6N2O. The van der Waals surface area contributed by atoms with Gasteiger partial charge in [0.05, 0.1) is 29.4 Å². The van der Waals surface area contributed by atoms with E-state index in [1.807, 2.05) is 30.3 Å². The van der Waals surface area contributed by atoms with Crippen LogP contribution in [0.4, 0.5) is 26.3 Å². The molecule has 30 heavy (non-hydrogen) atoms. The van der Waals surface area contributed by atoms with E-state index in [1.165, 1.54) is 6.92 Å². The lowest BCUT2D eigenvalue weighted by Gasteiger charge is -2.32. The Bertz CT molecular complexity index is 836. The van der Waals surface area contributed by atoms with Crippen molar-refractivity contribution >= 4 is 0 Å². The summed E-state index contributed by atoms with van der Waals surface area (Å²) in [6.07, 6.45) is -10.3. The van der Waals surface area contributed by atoms with E-state index in [-0.39, 0.29) is 24.3 Å². The van der Waals surface area contributed by atoms with Gasteiger partial charge in [-0.3, -0.25) is 0 Å². The first-order valence-electron chi connectivity index (χ1n) is 9.38. The molecule has 1 saturated heterocycles. The highest BCUT2D eigenvalue weighted by Crippen LogP contribution is 2.39. The Balaban J connectivity index is 1.87. The van der Waals surface area contributed by atoms with Crippen molar-refractivity contribution in [3.63, 3.8) is 0 Å². The maximum absolute atomic E-state index is 13.1. The Morgan fingerprint density at radius 2 is 1.60 bits per heavy atom. The van der Waals surface area contributed by atoms with Crippen LogP contribution >= 0.6 is 0 Å². The van der Waals surface area contributed by atoms with Crippen molar-refractivity contribution < 1.29 is 31.1 Å². The van der Waals surface area contributed by atoms with Gasteiger partial charge in [-0.15, -0.1) is 0 Å². The Labute approximate surface area is 170 Å². The average molecular weight is 432 g/mol. The Hall–Kier alpha value is -2.10. The molecule has 3 N–H and O–H groups in total. The average Bonchev–Trinajstić information content (AvgIpc) is 3.07. The Morgan fingerprint density at radius 1 is 1.03 bits per heavy atom. The summed E-state index contributed by atoms with van der Waals surface area (Å²) >= 11 is 0. The van der Waals surface area contributed by atoms with E-state index in [2.05, 4.69) is 5.32 Å². The first kappa shape index (κ1) is 22.6. The lowest BCUT2D eigenvalue weighted by Crippen LogP contribution is -2.41. The topological polar surface area (TPSA) is 47.3 Å². The van der Waals surface area contributed by atoms with Crippen LogP contribution in [0.5, 0.6) is 0 Å². The van der Waals surface area contributed by atoms with Crippen molar-refractivity contribution in [1.82, 2.24) is 5.32 Å². The van der Waals surface area contributed by atoms with E-state index >= 15 is 0 Å². The minimum Gasteiger partial charge on any atom is -0.372 e. The Kier molecular flexibility index (Phi) is 6.18. The molecule has 1 heterocycles. The second-order valence-electron chi connectivity index (χ2n) is 7.59. The van der Waals surface area contributed by atoms with Crippen LogP contribution in [0, 0.1) is 0 Å². The van der Waals surface area contributed by atoms with Crippen LogP contribution in [0.25, 0.3) is 0 Å². The normalized spacial score (nSPS) is 23.5. The van der Waals surface area contributed by atoms with Crippen molar-refractivity contribution in [1.29, 1.82) is 0 Å². The molecule has 2 aromatic carbocycles. The van der Waals surface area contributed by atoms with Crippen LogP contribution in [0.2, 0.25) is 0 Å². The van der Waals surface area contributed by atoms with Crippen molar-refractivity contribution in [3.05, 3.63) is 70.8 Å². The maximum Gasteiger partial charge on any atom is 0.416 e. The molecule has 3 atom stereocenters. The number of hydrogen-bond acceptors (Lipinski definition) is 3. The van der Waals surface area contributed by atoms with Gasteiger partial charge >= 0.3 is 12.4 Å². The minimum absolute atomic E-state index is 0.0451. The first-order chi connectivity index (χ1) is 13.9. The van der Waals surface area contributed by atoms with Crippen LogP contribution in [0.3, 0.4) is 0 Å². The molecule has 0 amide bonds. The summed E-state index contributed by atoms with van der Waals surface area (Å²) in [6.45, 7) is 2.00. The zero-order valence-electron chi connectivity index (χ0n) is 16.1. The third kappa shape index (κ3) is 4.96. The molecule has 1 fully saturated rings. The monoisotopic (exact) mass is 432 g/mol. The molecule has 1 aliphatic heterocycles. The molecule has 0 unspecified atom stereocenters. The minimum atomic E-state index is -4.90. The molecule has 0 aliphatic carbocycles. The summed E-state index contributed by atoms with van der Waals surface area (Å²) in [5.41, 5.74) is 3.35. The summed E-state index contributed by atoms with van der Waals surface area (Å²) in [7, 11) is 0. The predicted molar refractivity (Wildman–Crippen MR) is 99.5 cm³/mol. The molecule has 3 rings (SSSR count). The van der Waals surface area contributed by atoms with Gasteiger partial charge in [-0.25, -0.2) is 0 Å². The molecule has 0 saturated carbocycles. The molecule has 164 valence electrons. The number of hydrogen-bond donors (Lipinski definition) is 2. The number of ether oxygens (including phenoxy) is 1. The quantitative estimate of drug-likeness (QED) is 0.653. The van der Waals surface area contributed by atoms with Crippen LogP contribution in [0.1, 0.15) is 41.7 Å². The number of nitrogens with two attached hydrogens (primary N) is 1.